The third-order valence-electron chi connectivity index (χ3n) is 3.87. The third kappa shape index (κ3) is 5.93. The molecule has 6 nitrogen and oxygen atoms in total. The largest absolute Gasteiger partial charge is 0.367 e. The first-order valence-corrected chi connectivity index (χ1v) is 9.33. The summed E-state index contributed by atoms with van der Waals surface area (Å²) in [5, 5.41) is 3.32. The number of ether oxygens (including phenoxy) is 1. The smallest absolute Gasteiger partial charge is 0.249 e. The van der Waals surface area contributed by atoms with Gasteiger partial charge in [0.25, 0.3) is 0 Å². The average molecular weight is 375 g/mol. The second-order valence-corrected chi connectivity index (χ2v) is 7.51. The van der Waals surface area contributed by atoms with Gasteiger partial charge < -0.3 is 15.0 Å². The maximum atomic E-state index is 12.4. The molecule has 2 aromatic rings. The van der Waals surface area contributed by atoms with Gasteiger partial charge in [-0.2, -0.15) is 0 Å². The fourth-order valence-electron chi connectivity index (χ4n) is 2.31. The van der Waals surface area contributed by atoms with Crippen LogP contribution in [0.5, 0.6) is 0 Å². The predicted octanol–water partition coefficient (Wildman–Crippen LogP) is 3.15. The van der Waals surface area contributed by atoms with E-state index in [2.05, 4.69) is 10.3 Å². The van der Waals surface area contributed by atoms with E-state index in [-0.39, 0.29) is 31.0 Å². The van der Waals surface area contributed by atoms with E-state index in [0.717, 1.165) is 16.1 Å². The number of hydrogen-bond donors (Lipinski definition) is 1. The van der Waals surface area contributed by atoms with Crippen LogP contribution in [0, 0.1) is 13.8 Å². The van der Waals surface area contributed by atoms with Crippen molar-refractivity contribution >= 4 is 28.3 Å². The second kappa shape index (κ2) is 9.45. The van der Waals surface area contributed by atoms with E-state index in [1.165, 1.54) is 16.2 Å². The number of carbonyl (C=O) groups excluding carboxylic acids is 2. The normalized spacial score (nSPS) is 10.8. The van der Waals surface area contributed by atoms with Crippen molar-refractivity contribution in [2.45, 2.75) is 40.3 Å². The lowest BCUT2D eigenvalue weighted by Crippen LogP contribution is -2.44. The standard InChI is InChI=1S/C19H25N3O3S/c1-13(2)22(10-17(23)21-19-20-14(3)15(4)26-19)18(24)12-25-11-16-8-6-5-7-9-16/h5-9,13H,10-12H2,1-4H3,(H,20,21,23). The highest BCUT2D eigenvalue weighted by atomic mass is 32.1. The minimum absolute atomic E-state index is 0.0249. The first-order chi connectivity index (χ1) is 12.4. The van der Waals surface area contributed by atoms with Crippen LogP contribution >= 0.6 is 11.3 Å². The molecule has 0 aliphatic rings. The molecule has 0 saturated carbocycles. The van der Waals surface area contributed by atoms with Gasteiger partial charge in [-0.05, 0) is 33.3 Å². The highest BCUT2D eigenvalue weighted by Crippen LogP contribution is 2.21. The minimum atomic E-state index is -0.260. The quantitative estimate of drug-likeness (QED) is 0.769. The number of hydrogen-bond acceptors (Lipinski definition) is 5. The van der Waals surface area contributed by atoms with Crippen molar-refractivity contribution in [1.29, 1.82) is 0 Å². The van der Waals surface area contributed by atoms with Crippen molar-refractivity contribution < 1.29 is 14.3 Å². The topological polar surface area (TPSA) is 71.5 Å². The zero-order chi connectivity index (χ0) is 19.1. The fourth-order valence-corrected chi connectivity index (χ4v) is 3.14. The van der Waals surface area contributed by atoms with Crippen LogP contribution in [0.3, 0.4) is 0 Å². The van der Waals surface area contributed by atoms with E-state index in [0.29, 0.717) is 11.7 Å². The summed E-state index contributed by atoms with van der Waals surface area (Å²) < 4.78 is 5.50. The highest BCUT2D eigenvalue weighted by molar-refractivity contribution is 7.15. The van der Waals surface area contributed by atoms with E-state index in [9.17, 15) is 9.59 Å². The number of aromatic nitrogens is 1. The molecule has 0 unspecified atom stereocenters. The molecule has 0 spiro atoms. The Hall–Kier alpha value is -2.25. The second-order valence-electron chi connectivity index (χ2n) is 6.30. The number of amides is 2. The van der Waals surface area contributed by atoms with Crippen molar-refractivity contribution in [2.75, 3.05) is 18.5 Å². The van der Waals surface area contributed by atoms with Crippen LogP contribution in [0.25, 0.3) is 0 Å². The Morgan fingerprint density at radius 2 is 1.92 bits per heavy atom. The van der Waals surface area contributed by atoms with Gasteiger partial charge in [-0.3, -0.25) is 9.59 Å². The molecule has 0 fully saturated rings. The van der Waals surface area contributed by atoms with Crippen LogP contribution in [-0.4, -0.2) is 40.9 Å². The highest BCUT2D eigenvalue weighted by Gasteiger charge is 2.21. The summed E-state index contributed by atoms with van der Waals surface area (Å²) in [5.74, 6) is -0.471. The van der Waals surface area contributed by atoms with Crippen LogP contribution in [0.4, 0.5) is 5.13 Å². The number of thiazole rings is 1. The summed E-state index contributed by atoms with van der Waals surface area (Å²) in [5.41, 5.74) is 1.90. The molecule has 1 aromatic heterocycles. The molecule has 7 heteroatoms. The molecule has 2 amide bonds. The van der Waals surface area contributed by atoms with E-state index >= 15 is 0 Å². The molecule has 1 heterocycles. The Labute approximate surface area is 158 Å². The van der Waals surface area contributed by atoms with Gasteiger partial charge >= 0.3 is 0 Å². The molecule has 0 aliphatic heterocycles. The zero-order valence-corrected chi connectivity index (χ0v) is 16.4. The van der Waals surface area contributed by atoms with E-state index in [4.69, 9.17) is 4.74 Å². The Bertz CT molecular complexity index is 724. The first kappa shape index (κ1) is 20.1. The Morgan fingerprint density at radius 1 is 1.23 bits per heavy atom. The number of aryl methyl sites for hydroxylation is 2. The summed E-state index contributed by atoms with van der Waals surface area (Å²) in [6.07, 6.45) is 0. The molecule has 26 heavy (non-hydrogen) atoms. The van der Waals surface area contributed by atoms with Crippen LogP contribution in [-0.2, 0) is 20.9 Å². The average Bonchev–Trinajstić information content (AvgIpc) is 2.90. The molecule has 1 N–H and O–H groups in total. The van der Waals surface area contributed by atoms with Gasteiger partial charge in [0.05, 0.1) is 12.3 Å². The van der Waals surface area contributed by atoms with Gasteiger partial charge in [0.2, 0.25) is 11.8 Å². The summed E-state index contributed by atoms with van der Waals surface area (Å²) >= 11 is 1.43. The lowest BCUT2D eigenvalue weighted by Gasteiger charge is -2.26. The molecule has 0 bridgehead atoms. The van der Waals surface area contributed by atoms with Crippen molar-refractivity contribution in [3.05, 3.63) is 46.5 Å². The maximum Gasteiger partial charge on any atom is 0.249 e. The summed E-state index contributed by atoms with van der Waals surface area (Å²) in [6, 6.07) is 9.56. The molecule has 140 valence electrons. The van der Waals surface area contributed by atoms with Gasteiger partial charge in [0, 0.05) is 10.9 Å². The van der Waals surface area contributed by atoms with Gasteiger partial charge in [-0.15, -0.1) is 11.3 Å². The van der Waals surface area contributed by atoms with Crippen LogP contribution in [0.15, 0.2) is 30.3 Å². The summed E-state index contributed by atoms with van der Waals surface area (Å²) in [7, 11) is 0. The van der Waals surface area contributed by atoms with Crippen molar-refractivity contribution in [1.82, 2.24) is 9.88 Å². The Morgan fingerprint density at radius 3 is 2.50 bits per heavy atom. The van der Waals surface area contributed by atoms with Gasteiger partial charge in [0.1, 0.15) is 13.2 Å². The Kier molecular flexibility index (Phi) is 7.29. The van der Waals surface area contributed by atoms with Crippen molar-refractivity contribution in [3.63, 3.8) is 0 Å². The lowest BCUT2D eigenvalue weighted by atomic mass is 10.2. The molecule has 0 aliphatic carbocycles. The SMILES string of the molecule is Cc1nc(NC(=O)CN(C(=O)COCc2ccccc2)C(C)C)sc1C. The lowest BCUT2D eigenvalue weighted by molar-refractivity contribution is -0.141. The molecule has 2 rings (SSSR count). The maximum absolute atomic E-state index is 12.4. The summed E-state index contributed by atoms with van der Waals surface area (Å²) in [4.78, 5) is 31.6. The van der Waals surface area contributed by atoms with Crippen LogP contribution < -0.4 is 5.32 Å². The number of carbonyl (C=O) groups is 2. The molecule has 0 radical (unpaired) electrons. The minimum Gasteiger partial charge on any atom is -0.367 e. The number of nitrogens with one attached hydrogen (secondary N) is 1. The molecule has 0 saturated heterocycles. The van der Waals surface area contributed by atoms with Gasteiger partial charge in [-0.1, -0.05) is 30.3 Å². The number of benzene rings is 1. The number of nitrogens with zero attached hydrogens (tertiary/aromatic N) is 2. The zero-order valence-electron chi connectivity index (χ0n) is 15.6. The molecule has 0 atom stereocenters. The summed E-state index contributed by atoms with van der Waals surface area (Å²) in [6.45, 7) is 7.88. The molecular formula is C19H25N3O3S. The van der Waals surface area contributed by atoms with E-state index in [1.807, 2.05) is 58.0 Å². The Balaban J connectivity index is 1.86. The number of rotatable bonds is 8. The van der Waals surface area contributed by atoms with Gasteiger partial charge in [-0.25, -0.2) is 4.98 Å². The van der Waals surface area contributed by atoms with Gasteiger partial charge in [0.15, 0.2) is 5.13 Å². The molecular weight excluding hydrogens is 350 g/mol. The van der Waals surface area contributed by atoms with Crippen LogP contribution in [0.1, 0.15) is 30.0 Å². The van der Waals surface area contributed by atoms with E-state index < -0.39 is 0 Å². The van der Waals surface area contributed by atoms with Crippen molar-refractivity contribution in [3.8, 4) is 0 Å². The predicted molar refractivity (Wildman–Crippen MR) is 103 cm³/mol. The monoisotopic (exact) mass is 375 g/mol. The third-order valence-corrected chi connectivity index (χ3v) is 4.86. The fraction of sp³-hybridized carbons (Fsp3) is 0.421. The van der Waals surface area contributed by atoms with Crippen LogP contribution in [0.2, 0.25) is 0 Å². The number of anilines is 1. The molecule has 1 aromatic carbocycles. The van der Waals surface area contributed by atoms with E-state index in [1.54, 1.807) is 0 Å². The van der Waals surface area contributed by atoms with Crippen molar-refractivity contribution in [2.24, 2.45) is 0 Å². The first-order valence-electron chi connectivity index (χ1n) is 8.52.